The molecule has 92 valence electrons. The van der Waals surface area contributed by atoms with Crippen molar-refractivity contribution in [2.45, 2.75) is 51.2 Å². The molecular weight excluding hydrogens is 212 g/mol. The lowest BCUT2D eigenvalue weighted by Crippen LogP contribution is -2.41. The third-order valence-electron chi connectivity index (χ3n) is 3.78. The van der Waals surface area contributed by atoms with Crippen molar-refractivity contribution in [1.29, 1.82) is 0 Å². The molecule has 3 heteroatoms. The van der Waals surface area contributed by atoms with Crippen LogP contribution in [0.4, 0.5) is 5.82 Å². The molecule has 0 spiro atoms. The van der Waals surface area contributed by atoms with E-state index in [1.54, 1.807) is 0 Å². The van der Waals surface area contributed by atoms with Gasteiger partial charge in [-0.2, -0.15) is 0 Å². The average molecular weight is 232 g/mol. The van der Waals surface area contributed by atoms with E-state index in [9.17, 15) is 0 Å². The minimum Gasteiger partial charge on any atom is -0.378 e. The van der Waals surface area contributed by atoms with Crippen molar-refractivity contribution >= 4 is 5.82 Å². The third-order valence-corrected chi connectivity index (χ3v) is 3.78. The summed E-state index contributed by atoms with van der Waals surface area (Å²) in [6, 6.07) is 4.91. The van der Waals surface area contributed by atoms with Gasteiger partial charge in [-0.1, -0.05) is 6.07 Å². The number of nitrogens with one attached hydrogen (secondary N) is 1. The first kappa shape index (κ1) is 11.0. The van der Waals surface area contributed by atoms with Crippen molar-refractivity contribution in [3.63, 3.8) is 0 Å². The smallest absolute Gasteiger partial charge is 0.126 e. The first-order chi connectivity index (χ1) is 8.35. The van der Waals surface area contributed by atoms with Crippen LogP contribution in [-0.2, 0) is 17.6 Å². The summed E-state index contributed by atoms with van der Waals surface area (Å²) in [6.07, 6.45) is 6.32. The summed E-state index contributed by atoms with van der Waals surface area (Å²) in [7, 11) is 0. The molecular formula is C14H20N2O. The Bertz CT molecular complexity index is 399. The molecule has 1 fully saturated rings. The van der Waals surface area contributed by atoms with E-state index < -0.39 is 0 Å². The van der Waals surface area contributed by atoms with Crippen LogP contribution in [0.25, 0.3) is 0 Å². The SMILES string of the molecule is CCOC1CC(Nc2ccc3c(n2)CCC3)C1. The Morgan fingerprint density at radius 3 is 3.06 bits per heavy atom. The number of hydrogen-bond donors (Lipinski definition) is 1. The van der Waals surface area contributed by atoms with Gasteiger partial charge in [0.1, 0.15) is 5.82 Å². The number of aryl methyl sites for hydroxylation is 2. The molecule has 1 aromatic rings. The van der Waals surface area contributed by atoms with Gasteiger partial charge in [0.25, 0.3) is 0 Å². The Labute approximate surface area is 103 Å². The standard InChI is InChI=1S/C14H20N2O/c1-2-17-12-8-11(9-12)15-14-7-6-10-4-3-5-13(10)16-14/h6-7,11-12H,2-5,8-9H2,1H3,(H,15,16). The number of pyridine rings is 1. The summed E-state index contributed by atoms with van der Waals surface area (Å²) < 4.78 is 5.56. The zero-order valence-corrected chi connectivity index (χ0v) is 10.4. The highest BCUT2D eigenvalue weighted by Crippen LogP contribution is 2.27. The second-order valence-electron chi connectivity index (χ2n) is 5.05. The fourth-order valence-electron chi connectivity index (χ4n) is 2.77. The summed E-state index contributed by atoms with van der Waals surface area (Å²) in [5.41, 5.74) is 2.74. The highest BCUT2D eigenvalue weighted by Gasteiger charge is 2.29. The van der Waals surface area contributed by atoms with Crippen molar-refractivity contribution in [2.24, 2.45) is 0 Å². The van der Waals surface area contributed by atoms with Crippen molar-refractivity contribution in [3.8, 4) is 0 Å². The molecule has 1 aromatic heterocycles. The molecule has 0 saturated heterocycles. The van der Waals surface area contributed by atoms with Gasteiger partial charge in [0.2, 0.25) is 0 Å². The predicted molar refractivity (Wildman–Crippen MR) is 68.3 cm³/mol. The van der Waals surface area contributed by atoms with Crippen LogP contribution in [0.1, 0.15) is 37.4 Å². The summed E-state index contributed by atoms with van der Waals surface area (Å²) in [4.78, 5) is 4.69. The number of fused-ring (bicyclic) bond motifs is 1. The van der Waals surface area contributed by atoms with E-state index >= 15 is 0 Å². The number of nitrogens with zero attached hydrogens (tertiary/aromatic N) is 1. The van der Waals surface area contributed by atoms with Gasteiger partial charge in [0, 0.05) is 18.3 Å². The Morgan fingerprint density at radius 2 is 2.24 bits per heavy atom. The molecule has 0 unspecified atom stereocenters. The third kappa shape index (κ3) is 2.29. The van der Waals surface area contributed by atoms with Crippen LogP contribution in [0.5, 0.6) is 0 Å². The molecule has 3 nitrogen and oxygen atoms in total. The molecule has 0 atom stereocenters. The minimum absolute atomic E-state index is 0.465. The highest BCUT2D eigenvalue weighted by molar-refractivity contribution is 5.41. The summed E-state index contributed by atoms with van der Waals surface area (Å²) in [6.45, 7) is 2.89. The quantitative estimate of drug-likeness (QED) is 0.866. The van der Waals surface area contributed by atoms with Crippen LogP contribution in [-0.4, -0.2) is 23.7 Å². The van der Waals surface area contributed by atoms with Crippen LogP contribution in [0.2, 0.25) is 0 Å². The zero-order chi connectivity index (χ0) is 11.7. The van der Waals surface area contributed by atoms with Crippen molar-refractivity contribution in [1.82, 2.24) is 4.98 Å². The van der Waals surface area contributed by atoms with Crippen molar-refractivity contribution in [3.05, 3.63) is 23.4 Å². The van der Waals surface area contributed by atoms with Gasteiger partial charge in [-0.15, -0.1) is 0 Å². The molecule has 2 aliphatic rings. The number of anilines is 1. The Morgan fingerprint density at radius 1 is 1.35 bits per heavy atom. The van der Waals surface area contributed by atoms with E-state index in [4.69, 9.17) is 9.72 Å². The second-order valence-corrected chi connectivity index (χ2v) is 5.05. The van der Waals surface area contributed by atoms with Crippen LogP contribution in [0.15, 0.2) is 12.1 Å². The van der Waals surface area contributed by atoms with E-state index in [1.807, 2.05) is 0 Å². The van der Waals surface area contributed by atoms with E-state index in [1.165, 1.54) is 24.1 Å². The lowest BCUT2D eigenvalue weighted by Gasteiger charge is -2.35. The summed E-state index contributed by atoms with van der Waals surface area (Å²) >= 11 is 0. The Balaban J connectivity index is 1.56. The molecule has 2 aliphatic carbocycles. The molecule has 0 aromatic carbocycles. The average Bonchev–Trinajstić information content (AvgIpc) is 2.73. The van der Waals surface area contributed by atoms with Gasteiger partial charge < -0.3 is 10.1 Å². The van der Waals surface area contributed by atoms with Gasteiger partial charge in [-0.25, -0.2) is 4.98 Å². The maximum absolute atomic E-state index is 5.56. The summed E-state index contributed by atoms with van der Waals surface area (Å²) in [5.74, 6) is 1.05. The predicted octanol–water partition coefficient (Wildman–Crippen LogP) is 2.55. The number of ether oxygens (including phenoxy) is 1. The molecule has 0 radical (unpaired) electrons. The number of aromatic nitrogens is 1. The van der Waals surface area contributed by atoms with Crippen LogP contribution in [0.3, 0.4) is 0 Å². The molecule has 0 amide bonds. The van der Waals surface area contributed by atoms with Gasteiger partial charge in [0.15, 0.2) is 0 Å². The fourth-order valence-corrected chi connectivity index (χ4v) is 2.77. The number of hydrogen-bond acceptors (Lipinski definition) is 3. The van der Waals surface area contributed by atoms with Crippen molar-refractivity contribution in [2.75, 3.05) is 11.9 Å². The Hall–Kier alpha value is -1.09. The van der Waals surface area contributed by atoms with Gasteiger partial charge in [0.05, 0.1) is 6.10 Å². The first-order valence-corrected chi connectivity index (χ1v) is 6.72. The van der Waals surface area contributed by atoms with E-state index in [-0.39, 0.29) is 0 Å². The van der Waals surface area contributed by atoms with E-state index in [0.717, 1.165) is 31.7 Å². The van der Waals surface area contributed by atoms with Crippen LogP contribution >= 0.6 is 0 Å². The highest BCUT2D eigenvalue weighted by atomic mass is 16.5. The van der Waals surface area contributed by atoms with Gasteiger partial charge in [-0.3, -0.25) is 0 Å². The molecule has 0 aliphatic heterocycles. The maximum Gasteiger partial charge on any atom is 0.126 e. The molecule has 1 saturated carbocycles. The lowest BCUT2D eigenvalue weighted by atomic mass is 9.89. The molecule has 0 bridgehead atoms. The minimum atomic E-state index is 0.465. The first-order valence-electron chi connectivity index (χ1n) is 6.72. The van der Waals surface area contributed by atoms with Gasteiger partial charge in [-0.05, 0) is 50.7 Å². The topological polar surface area (TPSA) is 34.1 Å². The fraction of sp³-hybridized carbons (Fsp3) is 0.643. The van der Waals surface area contributed by atoms with Crippen molar-refractivity contribution < 1.29 is 4.74 Å². The van der Waals surface area contributed by atoms with Crippen LogP contribution < -0.4 is 5.32 Å². The number of rotatable bonds is 4. The van der Waals surface area contributed by atoms with Crippen LogP contribution in [0, 0.1) is 0 Å². The lowest BCUT2D eigenvalue weighted by molar-refractivity contribution is 0.00292. The van der Waals surface area contributed by atoms with E-state index in [2.05, 4.69) is 24.4 Å². The molecule has 1 heterocycles. The molecule has 1 N–H and O–H groups in total. The molecule has 17 heavy (non-hydrogen) atoms. The second kappa shape index (κ2) is 4.65. The summed E-state index contributed by atoms with van der Waals surface area (Å²) in [5, 5.41) is 3.51. The van der Waals surface area contributed by atoms with Gasteiger partial charge >= 0.3 is 0 Å². The maximum atomic E-state index is 5.56. The van der Waals surface area contributed by atoms with E-state index in [0.29, 0.717) is 12.1 Å². The normalized spacial score (nSPS) is 26.4. The zero-order valence-electron chi connectivity index (χ0n) is 10.4. The Kier molecular flexibility index (Phi) is 3.02. The molecule has 3 rings (SSSR count). The monoisotopic (exact) mass is 232 g/mol. The largest absolute Gasteiger partial charge is 0.378 e.